The number of nitrogens with two attached hydrogens (primary N) is 1. The van der Waals surface area contributed by atoms with Crippen molar-refractivity contribution in [3.05, 3.63) is 24.3 Å². The van der Waals surface area contributed by atoms with Gasteiger partial charge in [-0.25, -0.2) is 13.1 Å². The van der Waals surface area contributed by atoms with E-state index in [2.05, 4.69) is 15.0 Å². The van der Waals surface area contributed by atoms with Crippen molar-refractivity contribution in [3.63, 3.8) is 0 Å². The van der Waals surface area contributed by atoms with Crippen molar-refractivity contribution < 1.29 is 8.42 Å². The molecule has 4 N–H and O–H groups in total. The Hall–Kier alpha value is -1.15. The van der Waals surface area contributed by atoms with E-state index in [1.165, 1.54) is 19.3 Å². The SMILES string of the molecule is CC(CN1CCCCC1)NS(=O)(=O)c1ccccc1NN. The second-order valence-corrected chi connectivity index (χ2v) is 7.21. The van der Waals surface area contributed by atoms with Crippen molar-refractivity contribution in [2.75, 3.05) is 25.1 Å². The van der Waals surface area contributed by atoms with Crippen molar-refractivity contribution in [1.82, 2.24) is 9.62 Å². The number of nitrogens with one attached hydrogen (secondary N) is 2. The molecule has 1 aromatic rings. The van der Waals surface area contributed by atoms with Crippen LogP contribution >= 0.6 is 0 Å². The molecule has 1 atom stereocenters. The third-order valence-corrected chi connectivity index (χ3v) is 5.32. The predicted octanol–water partition coefficient (Wildman–Crippen LogP) is 1.12. The topological polar surface area (TPSA) is 87.5 Å². The molecule has 0 spiro atoms. The number of benzene rings is 1. The zero-order valence-electron chi connectivity index (χ0n) is 12.4. The number of para-hydroxylation sites is 1. The molecule has 0 aliphatic carbocycles. The van der Waals surface area contributed by atoms with Gasteiger partial charge < -0.3 is 10.3 Å². The first-order valence-corrected chi connectivity index (χ1v) is 8.81. The number of sulfonamides is 1. The number of likely N-dealkylation sites (tertiary alicyclic amines) is 1. The molecule has 1 saturated heterocycles. The quantitative estimate of drug-likeness (QED) is 0.541. The monoisotopic (exact) mass is 312 g/mol. The second kappa shape index (κ2) is 7.22. The number of nitrogens with zero attached hydrogens (tertiary/aromatic N) is 1. The molecule has 0 amide bonds. The number of hydrogen-bond acceptors (Lipinski definition) is 5. The van der Waals surface area contributed by atoms with Crippen molar-refractivity contribution in [2.24, 2.45) is 5.84 Å². The van der Waals surface area contributed by atoms with E-state index in [-0.39, 0.29) is 10.9 Å². The number of anilines is 1. The lowest BCUT2D eigenvalue weighted by Crippen LogP contribution is -2.43. The van der Waals surface area contributed by atoms with Gasteiger partial charge in [0, 0.05) is 12.6 Å². The van der Waals surface area contributed by atoms with Crippen LogP contribution in [0.3, 0.4) is 0 Å². The third-order valence-electron chi connectivity index (χ3n) is 3.67. The summed E-state index contributed by atoms with van der Waals surface area (Å²) in [6, 6.07) is 6.48. The minimum Gasteiger partial charge on any atom is -0.323 e. The van der Waals surface area contributed by atoms with Gasteiger partial charge in [-0.2, -0.15) is 0 Å². The molecular formula is C14H24N4O2S. The molecule has 6 nitrogen and oxygen atoms in total. The first-order valence-electron chi connectivity index (χ1n) is 7.33. The zero-order chi connectivity index (χ0) is 15.3. The van der Waals surface area contributed by atoms with E-state index in [1.54, 1.807) is 24.3 Å². The van der Waals surface area contributed by atoms with E-state index in [0.29, 0.717) is 5.69 Å². The molecule has 118 valence electrons. The molecule has 1 fully saturated rings. The lowest BCUT2D eigenvalue weighted by atomic mass is 10.1. The highest BCUT2D eigenvalue weighted by molar-refractivity contribution is 7.89. The van der Waals surface area contributed by atoms with Gasteiger partial charge in [0.2, 0.25) is 10.0 Å². The van der Waals surface area contributed by atoms with Crippen LogP contribution in [0.15, 0.2) is 29.2 Å². The van der Waals surface area contributed by atoms with E-state index < -0.39 is 10.0 Å². The Kier molecular flexibility index (Phi) is 5.58. The summed E-state index contributed by atoms with van der Waals surface area (Å²) in [4.78, 5) is 2.49. The first kappa shape index (κ1) is 16.2. The van der Waals surface area contributed by atoms with Crippen LogP contribution in [-0.2, 0) is 10.0 Å². The van der Waals surface area contributed by atoms with Gasteiger partial charge >= 0.3 is 0 Å². The normalized spacial score (nSPS) is 18.4. The molecule has 2 rings (SSSR count). The molecule has 1 aliphatic heterocycles. The lowest BCUT2D eigenvalue weighted by Gasteiger charge is -2.29. The maximum Gasteiger partial charge on any atom is 0.242 e. The van der Waals surface area contributed by atoms with Crippen LogP contribution in [0.5, 0.6) is 0 Å². The molecule has 0 radical (unpaired) electrons. The highest BCUT2D eigenvalue weighted by Crippen LogP contribution is 2.20. The molecule has 1 unspecified atom stereocenters. The summed E-state index contributed by atoms with van der Waals surface area (Å²) in [6.07, 6.45) is 3.66. The summed E-state index contributed by atoms with van der Waals surface area (Å²) in [5.74, 6) is 5.38. The summed E-state index contributed by atoms with van der Waals surface area (Å²) in [7, 11) is -3.57. The Labute approximate surface area is 126 Å². The molecule has 0 bridgehead atoms. The first-order chi connectivity index (χ1) is 10.0. The van der Waals surface area contributed by atoms with E-state index in [9.17, 15) is 8.42 Å². The maximum absolute atomic E-state index is 12.4. The predicted molar refractivity (Wildman–Crippen MR) is 84.3 cm³/mol. The number of rotatable bonds is 6. The second-order valence-electron chi connectivity index (χ2n) is 5.52. The fourth-order valence-corrected chi connectivity index (χ4v) is 4.12. The van der Waals surface area contributed by atoms with E-state index >= 15 is 0 Å². The van der Waals surface area contributed by atoms with Crippen molar-refractivity contribution in [2.45, 2.75) is 37.1 Å². The van der Waals surface area contributed by atoms with Gasteiger partial charge in [-0.15, -0.1) is 0 Å². The highest BCUT2D eigenvalue weighted by Gasteiger charge is 2.22. The molecule has 21 heavy (non-hydrogen) atoms. The van der Waals surface area contributed by atoms with Crippen molar-refractivity contribution in [1.29, 1.82) is 0 Å². The van der Waals surface area contributed by atoms with E-state index in [1.807, 2.05) is 6.92 Å². The van der Waals surface area contributed by atoms with Gasteiger partial charge in [-0.05, 0) is 45.0 Å². The number of nitrogen functional groups attached to an aromatic ring is 1. The van der Waals surface area contributed by atoms with E-state index in [4.69, 9.17) is 5.84 Å². The van der Waals surface area contributed by atoms with Gasteiger partial charge in [0.15, 0.2) is 0 Å². The molecule has 7 heteroatoms. The fourth-order valence-electron chi connectivity index (χ4n) is 2.72. The van der Waals surface area contributed by atoms with Crippen molar-refractivity contribution in [3.8, 4) is 0 Å². The minimum atomic E-state index is -3.57. The minimum absolute atomic E-state index is 0.140. The van der Waals surface area contributed by atoms with Crippen LogP contribution in [0.4, 0.5) is 5.69 Å². The molecule has 1 aromatic carbocycles. The molecule has 0 saturated carbocycles. The van der Waals surface area contributed by atoms with Crippen molar-refractivity contribution >= 4 is 15.7 Å². The van der Waals surface area contributed by atoms with Gasteiger partial charge in [0.25, 0.3) is 0 Å². The van der Waals surface area contributed by atoms with Gasteiger partial charge in [0.1, 0.15) is 4.90 Å². The molecular weight excluding hydrogens is 288 g/mol. The summed E-state index contributed by atoms with van der Waals surface area (Å²) in [5, 5.41) is 0. The molecule has 0 aromatic heterocycles. The van der Waals surface area contributed by atoms with Crippen LogP contribution in [-0.4, -0.2) is 39.0 Å². The Morgan fingerprint density at radius 2 is 1.90 bits per heavy atom. The van der Waals surface area contributed by atoms with Gasteiger partial charge in [-0.3, -0.25) is 5.84 Å². The molecule has 1 aliphatic rings. The number of hydrogen-bond donors (Lipinski definition) is 3. The maximum atomic E-state index is 12.4. The number of piperidine rings is 1. The Balaban J connectivity index is 2.02. The summed E-state index contributed by atoms with van der Waals surface area (Å²) >= 11 is 0. The van der Waals surface area contributed by atoms with Gasteiger partial charge in [0.05, 0.1) is 5.69 Å². The van der Waals surface area contributed by atoms with Crippen LogP contribution in [0, 0.1) is 0 Å². The Bertz CT molecular complexity index is 556. The average molecular weight is 312 g/mol. The standard InChI is InChI=1S/C14H24N4O2S/c1-12(11-18-9-5-2-6-10-18)17-21(19,20)14-8-4-3-7-13(14)16-15/h3-4,7-8,12,16-17H,2,5-6,9-11,15H2,1H3. The van der Waals surface area contributed by atoms with Crippen LogP contribution in [0.2, 0.25) is 0 Å². The third kappa shape index (κ3) is 4.41. The smallest absolute Gasteiger partial charge is 0.242 e. The van der Waals surface area contributed by atoms with Crippen LogP contribution in [0.25, 0.3) is 0 Å². The summed E-state index contributed by atoms with van der Waals surface area (Å²) < 4.78 is 27.6. The largest absolute Gasteiger partial charge is 0.323 e. The van der Waals surface area contributed by atoms with Crippen LogP contribution < -0.4 is 16.0 Å². The van der Waals surface area contributed by atoms with Crippen LogP contribution in [0.1, 0.15) is 26.2 Å². The zero-order valence-corrected chi connectivity index (χ0v) is 13.2. The summed E-state index contributed by atoms with van der Waals surface area (Å²) in [5.41, 5.74) is 2.83. The number of hydrazine groups is 1. The highest BCUT2D eigenvalue weighted by atomic mass is 32.2. The average Bonchev–Trinajstić information content (AvgIpc) is 2.47. The Morgan fingerprint density at radius 1 is 1.24 bits per heavy atom. The molecule has 1 heterocycles. The lowest BCUT2D eigenvalue weighted by molar-refractivity contribution is 0.215. The summed E-state index contributed by atoms with van der Waals surface area (Å²) in [6.45, 7) is 4.72. The fraction of sp³-hybridized carbons (Fsp3) is 0.571. The Morgan fingerprint density at radius 3 is 2.57 bits per heavy atom. The van der Waals surface area contributed by atoms with Gasteiger partial charge in [-0.1, -0.05) is 18.6 Å². The van der Waals surface area contributed by atoms with E-state index in [0.717, 1.165) is 19.6 Å².